The molecule has 0 aliphatic carbocycles. The van der Waals surface area contributed by atoms with E-state index in [-0.39, 0.29) is 11.0 Å². The lowest BCUT2D eigenvalue weighted by Crippen LogP contribution is -2.46. The Kier molecular flexibility index (Phi) is 7.44. The molecule has 0 saturated carbocycles. The van der Waals surface area contributed by atoms with Crippen LogP contribution in [0.15, 0.2) is 60.7 Å². The molecule has 1 fully saturated rings. The fraction of sp³-hybridized carbons (Fsp3) is 0.500. The minimum Gasteiger partial charge on any atom is -0.376 e. The van der Waals surface area contributed by atoms with E-state index in [1.54, 1.807) is 0 Å². The first-order valence-corrected chi connectivity index (χ1v) is 11.0. The van der Waals surface area contributed by atoms with Gasteiger partial charge in [-0.25, -0.2) is 0 Å². The van der Waals surface area contributed by atoms with Gasteiger partial charge in [-0.3, -0.25) is 0 Å². The predicted octanol–water partition coefficient (Wildman–Crippen LogP) is 6.33. The Hall–Kier alpha value is -1.06. The molecule has 2 nitrogen and oxygen atoms in total. The summed E-state index contributed by atoms with van der Waals surface area (Å²) in [4.78, 5) is -0.520. The van der Waals surface area contributed by atoms with Gasteiger partial charge in [0.05, 0.1) is 15.9 Å². The van der Waals surface area contributed by atoms with Gasteiger partial charge < -0.3 is 10.1 Å². The zero-order valence-electron chi connectivity index (χ0n) is 16.8. The number of nitrogens with one attached hydrogen (secondary N) is 1. The fourth-order valence-corrected chi connectivity index (χ4v) is 5.03. The van der Waals surface area contributed by atoms with Gasteiger partial charge in [0.1, 0.15) is 0 Å². The van der Waals surface area contributed by atoms with Crippen molar-refractivity contribution in [1.29, 1.82) is 0 Å². The molecule has 2 aromatic carbocycles. The van der Waals surface area contributed by atoms with Gasteiger partial charge in [0, 0.05) is 13.2 Å². The predicted molar refractivity (Wildman–Crippen MR) is 119 cm³/mol. The van der Waals surface area contributed by atoms with Gasteiger partial charge in [0.25, 0.3) is 0 Å². The summed E-state index contributed by atoms with van der Waals surface area (Å²) in [5.74, 6) is 0.305. The topological polar surface area (TPSA) is 21.3 Å². The molecule has 0 spiro atoms. The summed E-state index contributed by atoms with van der Waals surface area (Å²) in [7, 11) is 0. The lowest BCUT2D eigenvalue weighted by Gasteiger charge is -2.46. The maximum atomic E-state index is 7.38. The van der Waals surface area contributed by atoms with Gasteiger partial charge in [-0.05, 0) is 56.7 Å². The number of ether oxygens (including phenoxy) is 1. The molecular weight excluding hydrogens is 389 g/mol. The summed E-state index contributed by atoms with van der Waals surface area (Å²) in [5.41, 5.74) is 2.21. The minimum absolute atomic E-state index is 0.159. The van der Waals surface area contributed by atoms with Crippen molar-refractivity contribution in [3.63, 3.8) is 0 Å². The second-order valence-corrected chi connectivity index (χ2v) is 9.55. The summed E-state index contributed by atoms with van der Waals surface area (Å²) >= 11 is 14.4. The maximum absolute atomic E-state index is 7.38. The second kappa shape index (κ2) is 9.63. The summed E-state index contributed by atoms with van der Waals surface area (Å²) in [5, 5.41) is 3.31. The highest BCUT2D eigenvalue weighted by Gasteiger charge is 2.47. The average molecular weight is 420 g/mol. The molecule has 28 heavy (non-hydrogen) atoms. The van der Waals surface area contributed by atoms with Crippen molar-refractivity contribution in [2.75, 3.05) is 13.2 Å². The molecule has 0 amide bonds. The highest BCUT2D eigenvalue weighted by atomic mass is 35.5. The largest absolute Gasteiger partial charge is 0.376 e. The molecule has 1 N–H and O–H groups in total. The molecule has 3 rings (SSSR count). The number of alkyl halides is 2. The monoisotopic (exact) mass is 419 g/mol. The van der Waals surface area contributed by atoms with Gasteiger partial charge in [0.15, 0.2) is 0 Å². The highest BCUT2D eigenvalue weighted by molar-refractivity contribution is 6.32. The van der Waals surface area contributed by atoms with E-state index < -0.39 is 4.87 Å². The van der Waals surface area contributed by atoms with Crippen molar-refractivity contribution in [2.45, 2.75) is 55.5 Å². The molecule has 0 radical (unpaired) electrons. The Morgan fingerprint density at radius 3 is 2.39 bits per heavy atom. The minimum atomic E-state index is -0.520. The van der Waals surface area contributed by atoms with Crippen LogP contribution in [0.5, 0.6) is 0 Å². The van der Waals surface area contributed by atoms with E-state index in [1.165, 1.54) is 5.56 Å². The molecule has 1 aliphatic rings. The van der Waals surface area contributed by atoms with Crippen LogP contribution in [0, 0.1) is 5.92 Å². The van der Waals surface area contributed by atoms with Crippen LogP contribution >= 0.6 is 23.2 Å². The van der Waals surface area contributed by atoms with Crippen molar-refractivity contribution in [3.05, 3.63) is 71.8 Å². The molecule has 0 bridgehead atoms. The molecular formula is C24H31Cl2NO. The molecule has 0 aromatic heterocycles. The van der Waals surface area contributed by atoms with Crippen LogP contribution in [0.3, 0.4) is 0 Å². The lowest BCUT2D eigenvalue weighted by atomic mass is 9.74. The fourth-order valence-electron chi connectivity index (χ4n) is 4.19. The van der Waals surface area contributed by atoms with Crippen LogP contribution < -0.4 is 5.32 Å². The van der Waals surface area contributed by atoms with E-state index in [2.05, 4.69) is 55.6 Å². The molecule has 3 unspecified atom stereocenters. The van der Waals surface area contributed by atoms with Gasteiger partial charge >= 0.3 is 0 Å². The molecule has 1 aliphatic heterocycles. The van der Waals surface area contributed by atoms with Crippen LogP contribution in [-0.2, 0) is 11.3 Å². The zero-order valence-corrected chi connectivity index (χ0v) is 18.3. The van der Waals surface area contributed by atoms with Crippen LogP contribution in [0.4, 0.5) is 0 Å². The normalized spacial score (nSPS) is 22.4. The molecule has 2 aromatic rings. The van der Waals surface area contributed by atoms with E-state index in [1.807, 2.05) is 24.3 Å². The molecule has 3 atom stereocenters. The molecule has 1 saturated heterocycles. The van der Waals surface area contributed by atoms with Crippen molar-refractivity contribution < 1.29 is 4.74 Å². The lowest BCUT2D eigenvalue weighted by molar-refractivity contribution is -0.0803. The van der Waals surface area contributed by atoms with E-state index in [4.69, 9.17) is 27.9 Å². The Labute approximate surface area is 179 Å². The number of rotatable bonds is 8. The molecule has 1 heterocycles. The maximum Gasteiger partial charge on any atom is 0.0780 e. The van der Waals surface area contributed by atoms with Gasteiger partial charge in [0.2, 0.25) is 0 Å². The van der Waals surface area contributed by atoms with E-state index in [0.29, 0.717) is 5.92 Å². The number of hydrogen-bond acceptors (Lipinski definition) is 2. The van der Waals surface area contributed by atoms with Crippen molar-refractivity contribution in [3.8, 4) is 0 Å². The Bertz CT molecular complexity index is 722. The smallest absolute Gasteiger partial charge is 0.0780 e. The summed E-state index contributed by atoms with van der Waals surface area (Å²) in [6.07, 6.45) is 2.68. The first kappa shape index (κ1) is 21.6. The first-order valence-electron chi connectivity index (χ1n) is 10.2. The molecule has 152 valence electrons. The first-order chi connectivity index (χ1) is 13.4. The van der Waals surface area contributed by atoms with Crippen LogP contribution in [0.25, 0.3) is 0 Å². The number of benzene rings is 2. The van der Waals surface area contributed by atoms with Crippen LogP contribution in [0.2, 0.25) is 0 Å². The van der Waals surface area contributed by atoms with Gasteiger partial charge in [-0.2, -0.15) is 0 Å². The molecule has 4 heteroatoms. The van der Waals surface area contributed by atoms with Crippen LogP contribution in [-0.4, -0.2) is 23.6 Å². The van der Waals surface area contributed by atoms with Gasteiger partial charge in [-0.1, -0.05) is 60.7 Å². The number of halogens is 2. The Morgan fingerprint density at radius 1 is 1.11 bits per heavy atom. The van der Waals surface area contributed by atoms with Crippen LogP contribution in [0.1, 0.15) is 49.6 Å². The van der Waals surface area contributed by atoms with Gasteiger partial charge in [-0.15, -0.1) is 23.2 Å². The SMILES string of the molecule is CC1(C)CC(C(Cl)(CCNCc2ccccc2)C(Cl)c2ccccc2)CCO1. The second-order valence-electron chi connectivity index (χ2n) is 8.41. The van der Waals surface area contributed by atoms with E-state index >= 15 is 0 Å². The Morgan fingerprint density at radius 2 is 1.75 bits per heavy atom. The summed E-state index contributed by atoms with van der Waals surface area (Å²) in [6.45, 7) is 6.70. The average Bonchev–Trinajstić information content (AvgIpc) is 2.71. The standard InChI is InChI=1S/C24H31Cl2NO/c1-23(2)17-21(13-16-28-23)24(26,22(25)20-11-7-4-8-12-20)14-15-27-18-19-9-5-3-6-10-19/h3-12,21-22,27H,13-18H2,1-2H3. The summed E-state index contributed by atoms with van der Waals surface area (Å²) < 4.78 is 5.94. The van der Waals surface area contributed by atoms with Crippen molar-refractivity contribution >= 4 is 23.2 Å². The van der Waals surface area contributed by atoms with E-state index in [0.717, 1.165) is 44.5 Å². The Balaban J connectivity index is 1.72. The van der Waals surface area contributed by atoms with Crippen molar-refractivity contribution in [2.24, 2.45) is 5.92 Å². The van der Waals surface area contributed by atoms with Crippen molar-refractivity contribution in [1.82, 2.24) is 5.32 Å². The quantitative estimate of drug-likeness (QED) is 0.398. The third-order valence-corrected chi connectivity index (χ3v) is 7.22. The zero-order chi connectivity index (χ0) is 20.0. The number of hydrogen-bond donors (Lipinski definition) is 1. The van der Waals surface area contributed by atoms with E-state index in [9.17, 15) is 0 Å². The third-order valence-electron chi connectivity index (χ3n) is 5.75. The summed E-state index contributed by atoms with van der Waals surface area (Å²) in [6, 6.07) is 20.7. The highest BCUT2D eigenvalue weighted by Crippen LogP contribution is 2.50. The third kappa shape index (κ3) is 5.51.